The maximum absolute atomic E-state index is 12.5. The van der Waals surface area contributed by atoms with Crippen molar-refractivity contribution in [2.45, 2.75) is 38.6 Å². The largest absolute Gasteiger partial charge is 0.493 e. The van der Waals surface area contributed by atoms with Crippen LogP contribution in [0, 0.1) is 5.92 Å². The van der Waals surface area contributed by atoms with Gasteiger partial charge in [-0.15, -0.1) is 0 Å². The van der Waals surface area contributed by atoms with Crippen molar-refractivity contribution < 1.29 is 19.1 Å². The summed E-state index contributed by atoms with van der Waals surface area (Å²) in [5.41, 5.74) is 1.13. The molecule has 2 aromatic rings. The van der Waals surface area contributed by atoms with Crippen molar-refractivity contribution in [2.75, 3.05) is 19.5 Å². The molecule has 8 nitrogen and oxygen atoms in total. The molecule has 29 heavy (non-hydrogen) atoms. The number of hydrogen-bond acceptors (Lipinski definition) is 5. The lowest BCUT2D eigenvalue weighted by Gasteiger charge is -2.20. The zero-order valence-electron chi connectivity index (χ0n) is 17.2. The predicted molar refractivity (Wildman–Crippen MR) is 109 cm³/mol. The molecule has 2 N–H and O–H groups in total. The van der Waals surface area contributed by atoms with Crippen molar-refractivity contribution in [2.24, 2.45) is 13.0 Å². The van der Waals surface area contributed by atoms with Crippen LogP contribution in [0.15, 0.2) is 24.3 Å². The summed E-state index contributed by atoms with van der Waals surface area (Å²) in [7, 11) is 4.85. The number of aromatic nitrogens is 2. The number of benzene rings is 1. The van der Waals surface area contributed by atoms with E-state index in [-0.39, 0.29) is 23.4 Å². The van der Waals surface area contributed by atoms with Gasteiger partial charge in [0.05, 0.1) is 14.2 Å². The van der Waals surface area contributed by atoms with Gasteiger partial charge in [-0.05, 0) is 30.5 Å². The molecule has 1 heterocycles. The highest BCUT2D eigenvalue weighted by Crippen LogP contribution is 2.27. The van der Waals surface area contributed by atoms with Crippen molar-refractivity contribution in [3.8, 4) is 11.5 Å². The zero-order valence-corrected chi connectivity index (χ0v) is 17.2. The molecule has 1 aromatic carbocycles. The van der Waals surface area contributed by atoms with E-state index in [0.29, 0.717) is 23.9 Å². The quantitative estimate of drug-likeness (QED) is 0.745. The Hall–Kier alpha value is -3.03. The normalized spacial score (nSPS) is 14.3. The van der Waals surface area contributed by atoms with Crippen LogP contribution in [0.3, 0.4) is 0 Å². The minimum atomic E-state index is -0.312. The van der Waals surface area contributed by atoms with E-state index in [1.54, 1.807) is 33.4 Å². The molecule has 8 heteroatoms. The third-order valence-corrected chi connectivity index (χ3v) is 5.24. The first-order valence-corrected chi connectivity index (χ1v) is 9.86. The van der Waals surface area contributed by atoms with Gasteiger partial charge < -0.3 is 20.1 Å². The Morgan fingerprint density at radius 3 is 2.52 bits per heavy atom. The molecule has 0 unspecified atom stereocenters. The van der Waals surface area contributed by atoms with Gasteiger partial charge in [0.25, 0.3) is 5.91 Å². The molecule has 0 saturated heterocycles. The molecule has 0 bridgehead atoms. The van der Waals surface area contributed by atoms with Gasteiger partial charge in [-0.2, -0.15) is 5.10 Å². The van der Waals surface area contributed by atoms with E-state index in [9.17, 15) is 9.59 Å². The molecule has 1 fully saturated rings. The second-order valence-corrected chi connectivity index (χ2v) is 7.23. The Kier molecular flexibility index (Phi) is 6.74. The van der Waals surface area contributed by atoms with Crippen LogP contribution in [0.4, 0.5) is 5.82 Å². The van der Waals surface area contributed by atoms with Crippen LogP contribution in [0.2, 0.25) is 0 Å². The van der Waals surface area contributed by atoms with Crippen LogP contribution < -0.4 is 20.1 Å². The lowest BCUT2D eigenvalue weighted by molar-refractivity contribution is -0.120. The molecular formula is C21H28N4O4. The maximum atomic E-state index is 12.5. The van der Waals surface area contributed by atoms with Crippen LogP contribution in [0.5, 0.6) is 11.5 Å². The number of aryl methyl sites for hydroxylation is 1. The minimum Gasteiger partial charge on any atom is -0.493 e. The van der Waals surface area contributed by atoms with Gasteiger partial charge in [0.15, 0.2) is 17.2 Å². The molecular weight excluding hydrogens is 372 g/mol. The summed E-state index contributed by atoms with van der Waals surface area (Å²) in [5, 5.41) is 9.97. The van der Waals surface area contributed by atoms with Gasteiger partial charge in [-0.1, -0.05) is 25.3 Å². The van der Waals surface area contributed by atoms with Gasteiger partial charge in [-0.25, -0.2) is 0 Å². The van der Waals surface area contributed by atoms with Crippen LogP contribution >= 0.6 is 0 Å². The summed E-state index contributed by atoms with van der Waals surface area (Å²) >= 11 is 0. The topological polar surface area (TPSA) is 94.5 Å². The first-order valence-electron chi connectivity index (χ1n) is 9.86. The van der Waals surface area contributed by atoms with E-state index in [2.05, 4.69) is 15.7 Å². The zero-order chi connectivity index (χ0) is 20.8. The van der Waals surface area contributed by atoms with Crippen molar-refractivity contribution in [1.29, 1.82) is 0 Å². The van der Waals surface area contributed by atoms with Crippen molar-refractivity contribution in [1.82, 2.24) is 15.1 Å². The molecule has 1 saturated carbocycles. The number of nitrogens with one attached hydrogen (secondary N) is 2. The van der Waals surface area contributed by atoms with Crippen LogP contribution in [0.25, 0.3) is 0 Å². The van der Waals surface area contributed by atoms with Gasteiger partial charge in [0.1, 0.15) is 5.82 Å². The Labute approximate surface area is 170 Å². The smallest absolute Gasteiger partial charge is 0.272 e. The monoisotopic (exact) mass is 400 g/mol. The highest BCUT2D eigenvalue weighted by atomic mass is 16.5. The third kappa shape index (κ3) is 5.07. The van der Waals surface area contributed by atoms with Crippen LogP contribution in [0.1, 0.15) is 48.2 Å². The minimum absolute atomic E-state index is 0.00462. The summed E-state index contributed by atoms with van der Waals surface area (Å²) in [6.45, 7) is 0.319. The Morgan fingerprint density at radius 2 is 1.83 bits per heavy atom. The van der Waals surface area contributed by atoms with Gasteiger partial charge in [0.2, 0.25) is 5.91 Å². The number of carbonyl (C=O) groups excluding carboxylic acids is 2. The molecule has 2 amide bonds. The van der Waals surface area contributed by atoms with Crippen molar-refractivity contribution in [3.05, 3.63) is 35.5 Å². The lowest BCUT2D eigenvalue weighted by atomic mass is 9.89. The third-order valence-electron chi connectivity index (χ3n) is 5.24. The second-order valence-electron chi connectivity index (χ2n) is 7.23. The van der Waals surface area contributed by atoms with Gasteiger partial charge in [-0.3, -0.25) is 14.3 Å². The van der Waals surface area contributed by atoms with Crippen LogP contribution in [-0.2, 0) is 18.4 Å². The Balaban J connectivity index is 1.60. The Morgan fingerprint density at radius 1 is 1.10 bits per heavy atom. The predicted octanol–water partition coefficient (Wildman–Crippen LogP) is 2.89. The fourth-order valence-corrected chi connectivity index (χ4v) is 3.55. The molecule has 3 rings (SSSR count). The first kappa shape index (κ1) is 20.7. The lowest BCUT2D eigenvalue weighted by Crippen LogP contribution is -2.25. The maximum Gasteiger partial charge on any atom is 0.272 e. The molecule has 0 atom stereocenters. The molecule has 1 aromatic heterocycles. The van der Waals surface area contributed by atoms with E-state index in [0.717, 1.165) is 31.2 Å². The average molecular weight is 400 g/mol. The molecule has 1 aliphatic rings. The molecule has 0 spiro atoms. The number of ether oxygens (including phenoxy) is 2. The summed E-state index contributed by atoms with van der Waals surface area (Å²) in [5.74, 6) is 1.49. The van der Waals surface area contributed by atoms with Crippen molar-refractivity contribution >= 4 is 17.6 Å². The number of hydrogen-bond donors (Lipinski definition) is 2. The number of rotatable bonds is 7. The number of anilines is 1. The van der Waals surface area contributed by atoms with Crippen molar-refractivity contribution in [3.63, 3.8) is 0 Å². The average Bonchev–Trinajstić information content (AvgIpc) is 3.12. The number of nitrogens with zero attached hydrogens (tertiary/aromatic N) is 2. The first-order chi connectivity index (χ1) is 14.0. The molecule has 156 valence electrons. The number of methoxy groups -OCH3 is 2. The number of carbonyl (C=O) groups is 2. The fourth-order valence-electron chi connectivity index (χ4n) is 3.55. The summed E-state index contributed by atoms with van der Waals surface area (Å²) in [6, 6.07) is 7.06. The van der Waals surface area contributed by atoms with E-state index in [1.807, 2.05) is 12.1 Å². The number of amides is 2. The molecule has 1 aliphatic carbocycles. The van der Waals surface area contributed by atoms with Crippen LogP contribution in [-0.4, -0.2) is 35.8 Å². The standard InChI is InChI=1S/C21H28N4O4/c1-25-19(23-20(26)15-7-5-4-6-8-15)12-16(24-25)21(27)22-13-14-9-10-17(28-2)18(11-14)29-3/h9-12,15H,4-8,13H2,1-3H3,(H,22,27)(H,23,26). The van der Waals surface area contributed by atoms with E-state index >= 15 is 0 Å². The second kappa shape index (κ2) is 9.45. The highest BCUT2D eigenvalue weighted by molar-refractivity contribution is 5.96. The molecule has 0 radical (unpaired) electrons. The van der Waals surface area contributed by atoms with Gasteiger partial charge in [0, 0.05) is 25.6 Å². The SMILES string of the molecule is COc1ccc(CNC(=O)c2cc(NC(=O)C3CCCCC3)n(C)n2)cc1OC. The van der Waals surface area contributed by atoms with E-state index in [4.69, 9.17) is 9.47 Å². The summed E-state index contributed by atoms with van der Waals surface area (Å²) in [6.07, 6.45) is 5.21. The Bertz CT molecular complexity index is 872. The summed E-state index contributed by atoms with van der Waals surface area (Å²) < 4.78 is 12.0. The summed E-state index contributed by atoms with van der Waals surface area (Å²) in [4.78, 5) is 24.9. The highest BCUT2D eigenvalue weighted by Gasteiger charge is 2.22. The van der Waals surface area contributed by atoms with E-state index in [1.165, 1.54) is 11.1 Å². The molecule has 0 aliphatic heterocycles. The fraction of sp³-hybridized carbons (Fsp3) is 0.476. The van der Waals surface area contributed by atoms with Gasteiger partial charge >= 0.3 is 0 Å². The van der Waals surface area contributed by atoms with E-state index < -0.39 is 0 Å².